The Morgan fingerprint density at radius 1 is 0.342 bits per heavy atom. The lowest BCUT2D eigenvalue weighted by molar-refractivity contribution is -0.124. The Kier molecular flexibility index (Phi) is 61.4. The molecule has 0 fully saturated rings. The number of carbonyl (C=O) groups is 1. The summed E-state index contributed by atoms with van der Waals surface area (Å²) in [5, 5.41) is 33.8. The average Bonchev–Trinajstić information content (AvgIpc) is 3.40. The summed E-state index contributed by atoms with van der Waals surface area (Å²) in [6.07, 6.45) is 84.6. The fourth-order valence-electron chi connectivity index (χ4n) is 10.3. The second kappa shape index (κ2) is 62.8. The van der Waals surface area contributed by atoms with Crippen LogP contribution in [0.25, 0.3) is 0 Å². The molecule has 4 N–H and O–H groups in total. The fraction of sp³-hybridized carbons (Fsp3) is 0.868. The molecule has 5 nitrogen and oxygen atoms in total. The van der Waals surface area contributed by atoms with Gasteiger partial charge in [-0.05, 0) is 83.5 Å². The maximum absolute atomic E-state index is 12.5. The molecule has 0 aliphatic carbocycles. The van der Waals surface area contributed by atoms with Gasteiger partial charge in [0.25, 0.3) is 0 Å². The van der Waals surface area contributed by atoms with E-state index in [0.717, 1.165) is 51.4 Å². The number of allylic oxidation sites excluding steroid dienone is 8. The van der Waals surface area contributed by atoms with Crippen molar-refractivity contribution in [1.29, 1.82) is 0 Å². The zero-order chi connectivity index (χ0) is 52.9. The van der Waals surface area contributed by atoms with Crippen molar-refractivity contribution in [2.24, 2.45) is 0 Å². The molecule has 3 unspecified atom stereocenters. The predicted molar refractivity (Wildman–Crippen MR) is 324 cm³/mol. The summed E-state index contributed by atoms with van der Waals surface area (Å²) in [7, 11) is 0. The predicted octanol–water partition coefficient (Wildman–Crippen LogP) is 21.1. The van der Waals surface area contributed by atoms with Gasteiger partial charge in [-0.25, -0.2) is 0 Å². The standard InChI is InChI=1S/C68H129NO4/c1-3-5-7-9-11-13-15-17-19-21-23-25-26-27-28-29-30-31-32-33-34-35-36-37-38-39-40-41-42-43-45-47-49-51-53-55-57-59-61-63-67(72)69-65(64-70)68(73)66(71)62-60-58-56-54-52-50-48-46-44-24-22-20-18-16-14-12-10-8-6-4-2/h30-31,33-34,46,48,54,56,65-66,68,70-71,73H,3-29,32,35-45,47,49-53,55,57-64H2,1-2H3,(H,69,72)/b31-30-,34-33-,48-46+,56-54+. The van der Waals surface area contributed by atoms with Crippen molar-refractivity contribution in [2.75, 3.05) is 6.61 Å². The first kappa shape index (κ1) is 71.3. The van der Waals surface area contributed by atoms with Crippen LogP contribution < -0.4 is 5.32 Å². The molecule has 0 saturated carbocycles. The van der Waals surface area contributed by atoms with E-state index >= 15 is 0 Å². The number of amides is 1. The highest BCUT2D eigenvalue weighted by molar-refractivity contribution is 5.76. The van der Waals surface area contributed by atoms with Gasteiger partial charge in [0.1, 0.15) is 6.10 Å². The van der Waals surface area contributed by atoms with Crippen LogP contribution in [0.5, 0.6) is 0 Å². The Hall–Kier alpha value is -1.69. The van der Waals surface area contributed by atoms with Gasteiger partial charge in [0.15, 0.2) is 0 Å². The third-order valence-corrected chi connectivity index (χ3v) is 15.4. The minimum Gasteiger partial charge on any atom is -0.394 e. The monoisotopic (exact) mass is 1020 g/mol. The van der Waals surface area contributed by atoms with Crippen LogP contribution in [0.3, 0.4) is 0 Å². The van der Waals surface area contributed by atoms with Crippen molar-refractivity contribution in [3.63, 3.8) is 0 Å². The van der Waals surface area contributed by atoms with Crippen molar-refractivity contribution in [2.45, 2.75) is 372 Å². The minimum atomic E-state index is -1.17. The van der Waals surface area contributed by atoms with Gasteiger partial charge in [0.05, 0.1) is 18.8 Å². The Morgan fingerprint density at radius 3 is 0.918 bits per heavy atom. The number of aliphatic hydroxyl groups excluding tert-OH is 3. The molecular weight excluding hydrogens is 895 g/mol. The van der Waals surface area contributed by atoms with E-state index < -0.39 is 18.2 Å². The molecule has 0 radical (unpaired) electrons. The molecule has 0 rings (SSSR count). The van der Waals surface area contributed by atoms with E-state index in [1.54, 1.807) is 0 Å². The minimum absolute atomic E-state index is 0.154. The second-order valence-electron chi connectivity index (χ2n) is 22.7. The number of hydrogen-bond donors (Lipinski definition) is 4. The Labute approximate surface area is 457 Å². The van der Waals surface area contributed by atoms with Gasteiger partial charge in [-0.15, -0.1) is 0 Å². The average molecular weight is 1020 g/mol. The first-order valence-corrected chi connectivity index (χ1v) is 32.9. The van der Waals surface area contributed by atoms with Crippen LogP contribution in [0.15, 0.2) is 48.6 Å². The van der Waals surface area contributed by atoms with E-state index in [2.05, 4.69) is 67.8 Å². The lowest BCUT2D eigenvalue weighted by Gasteiger charge is -2.26. The second-order valence-corrected chi connectivity index (χ2v) is 22.7. The summed E-state index contributed by atoms with van der Waals surface area (Å²) >= 11 is 0. The summed E-state index contributed by atoms with van der Waals surface area (Å²) < 4.78 is 0. The molecule has 0 bridgehead atoms. The highest BCUT2D eigenvalue weighted by Gasteiger charge is 2.26. The van der Waals surface area contributed by atoms with Crippen LogP contribution in [-0.2, 0) is 4.79 Å². The normalized spacial score (nSPS) is 13.4. The van der Waals surface area contributed by atoms with Crippen molar-refractivity contribution in [1.82, 2.24) is 5.32 Å². The van der Waals surface area contributed by atoms with Crippen LogP contribution in [0.4, 0.5) is 0 Å². The van der Waals surface area contributed by atoms with E-state index in [9.17, 15) is 20.1 Å². The summed E-state index contributed by atoms with van der Waals surface area (Å²) in [6, 6.07) is -0.834. The van der Waals surface area contributed by atoms with Crippen LogP contribution >= 0.6 is 0 Å². The summed E-state index contributed by atoms with van der Waals surface area (Å²) in [5.74, 6) is -0.154. The topological polar surface area (TPSA) is 89.8 Å². The van der Waals surface area contributed by atoms with Gasteiger partial charge in [-0.3, -0.25) is 4.79 Å². The van der Waals surface area contributed by atoms with E-state index in [1.165, 1.54) is 276 Å². The summed E-state index contributed by atoms with van der Waals surface area (Å²) in [5.41, 5.74) is 0. The highest BCUT2D eigenvalue weighted by Crippen LogP contribution is 2.18. The maximum atomic E-state index is 12.5. The molecule has 0 aromatic rings. The molecule has 73 heavy (non-hydrogen) atoms. The number of hydrogen-bond acceptors (Lipinski definition) is 4. The molecule has 0 aromatic carbocycles. The van der Waals surface area contributed by atoms with Gasteiger partial charge in [-0.2, -0.15) is 0 Å². The van der Waals surface area contributed by atoms with Gasteiger partial charge in [0, 0.05) is 6.42 Å². The molecule has 0 aliphatic heterocycles. The van der Waals surface area contributed by atoms with Crippen molar-refractivity contribution < 1.29 is 20.1 Å². The molecule has 0 spiro atoms. The molecule has 5 heteroatoms. The van der Waals surface area contributed by atoms with E-state index in [-0.39, 0.29) is 12.5 Å². The number of rotatable bonds is 61. The number of unbranched alkanes of at least 4 members (excludes halogenated alkanes) is 45. The maximum Gasteiger partial charge on any atom is 0.220 e. The SMILES string of the molecule is CCCCCCCCCCCCC/C=C/CC/C=C/CCCC(O)C(O)C(CO)NC(=O)CCCCCCCCCCCCCCCCCCC/C=C\C/C=C\CCCCCCCCCCCCCCCCC. The summed E-state index contributed by atoms with van der Waals surface area (Å²) in [6.45, 7) is 4.20. The van der Waals surface area contributed by atoms with Crippen molar-refractivity contribution >= 4 is 5.91 Å². The lowest BCUT2D eigenvalue weighted by Crippen LogP contribution is -2.50. The first-order valence-electron chi connectivity index (χ1n) is 32.9. The van der Waals surface area contributed by atoms with Crippen molar-refractivity contribution in [3.8, 4) is 0 Å². The molecule has 0 aliphatic rings. The van der Waals surface area contributed by atoms with Crippen LogP contribution in [0, 0.1) is 0 Å². The van der Waals surface area contributed by atoms with Crippen LogP contribution in [-0.4, -0.2) is 46.1 Å². The summed E-state index contributed by atoms with van der Waals surface area (Å²) in [4.78, 5) is 12.5. The number of aliphatic hydroxyl groups is 3. The molecule has 0 heterocycles. The van der Waals surface area contributed by atoms with Gasteiger partial charge >= 0.3 is 0 Å². The first-order chi connectivity index (χ1) is 36.1. The van der Waals surface area contributed by atoms with Gasteiger partial charge < -0.3 is 20.6 Å². The van der Waals surface area contributed by atoms with Crippen LogP contribution in [0.2, 0.25) is 0 Å². The van der Waals surface area contributed by atoms with Gasteiger partial charge in [0.2, 0.25) is 5.91 Å². The number of carbonyl (C=O) groups excluding carboxylic acids is 1. The lowest BCUT2D eigenvalue weighted by atomic mass is 10.0. The Bertz CT molecular complexity index is 1180. The smallest absolute Gasteiger partial charge is 0.220 e. The van der Waals surface area contributed by atoms with E-state index in [0.29, 0.717) is 12.8 Å². The molecule has 430 valence electrons. The highest BCUT2D eigenvalue weighted by atomic mass is 16.3. The molecule has 0 aromatic heterocycles. The molecule has 1 amide bonds. The quantitative estimate of drug-likeness (QED) is 0.0361. The van der Waals surface area contributed by atoms with Gasteiger partial charge in [-0.1, -0.05) is 313 Å². The molecular formula is C68H129NO4. The molecule has 0 saturated heterocycles. The fourth-order valence-corrected chi connectivity index (χ4v) is 10.3. The van der Waals surface area contributed by atoms with E-state index in [1.807, 2.05) is 0 Å². The Balaban J connectivity index is 3.50. The van der Waals surface area contributed by atoms with E-state index in [4.69, 9.17) is 0 Å². The number of nitrogens with one attached hydrogen (secondary N) is 1. The molecule has 3 atom stereocenters. The third kappa shape index (κ3) is 57.8. The van der Waals surface area contributed by atoms with Crippen molar-refractivity contribution in [3.05, 3.63) is 48.6 Å². The van der Waals surface area contributed by atoms with Crippen LogP contribution in [0.1, 0.15) is 354 Å². The third-order valence-electron chi connectivity index (χ3n) is 15.4. The largest absolute Gasteiger partial charge is 0.394 e. The Morgan fingerprint density at radius 2 is 0.603 bits per heavy atom. The zero-order valence-corrected chi connectivity index (χ0v) is 49.3. The zero-order valence-electron chi connectivity index (χ0n) is 49.3.